The van der Waals surface area contributed by atoms with Crippen LogP contribution >= 0.6 is 22.9 Å². The van der Waals surface area contributed by atoms with E-state index in [1.807, 2.05) is 6.07 Å². The summed E-state index contributed by atoms with van der Waals surface area (Å²) in [5.41, 5.74) is 0.527. The molecule has 1 aromatic carbocycles. The summed E-state index contributed by atoms with van der Waals surface area (Å²) in [4.78, 5) is 12.8. The Morgan fingerprint density at radius 1 is 1.39 bits per heavy atom. The van der Waals surface area contributed by atoms with E-state index in [0.717, 1.165) is 4.88 Å². The van der Waals surface area contributed by atoms with Crippen molar-refractivity contribution in [3.63, 3.8) is 0 Å². The first-order valence-corrected chi connectivity index (χ1v) is 6.55. The second-order valence-corrected chi connectivity index (χ2v) is 5.62. The Labute approximate surface area is 113 Å². The van der Waals surface area contributed by atoms with E-state index in [9.17, 15) is 9.18 Å². The number of hydrogen-bond donors (Lipinski definition) is 1. The quantitative estimate of drug-likeness (QED) is 0.912. The van der Waals surface area contributed by atoms with Crippen molar-refractivity contribution < 1.29 is 9.18 Å². The number of carbonyl (C=O) groups is 1. The lowest BCUT2D eigenvalue weighted by Crippen LogP contribution is -2.23. The smallest absolute Gasteiger partial charge is 0.254 e. The molecule has 1 amide bonds. The van der Waals surface area contributed by atoms with Gasteiger partial charge < -0.3 is 5.32 Å². The molecule has 1 N–H and O–H groups in total. The Hall–Kier alpha value is -1.39. The zero-order valence-corrected chi connectivity index (χ0v) is 11.2. The average molecular weight is 284 g/mol. The molecule has 0 aliphatic carbocycles. The zero-order valence-electron chi connectivity index (χ0n) is 9.67. The number of thiophene rings is 1. The first-order chi connectivity index (χ1) is 8.58. The van der Waals surface area contributed by atoms with E-state index in [1.54, 1.807) is 25.1 Å². The highest BCUT2D eigenvalue weighted by atomic mass is 35.5. The molecular weight excluding hydrogens is 273 g/mol. The molecule has 1 aromatic heterocycles. The van der Waals surface area contributed by atoms with Crippen molar-refractivity contribution in [3.05, 3.63) is 56.5 Å². The molecular formula is C13H11ClFNOS. The van der Waals surface area contributed by atoms with Crippen LogP contribution in [0.3, 0.4) is 0 Å². The maximum Gasteiger partial charge on any atom is 0.254 e. The van der Waals surface area contributed by atoms with E-state index in [4.69, 9.17) is 11.6 Å². The second kappa shape index (κ2) is 5.50. The first kappa shape index (κ1) is 13.1. The number of benzene rings is 1. The Kier molecular flexibility index (Phi) is 3.99. The van der Waals surface area contributed by atoms with Crippen LogP contribution in [0.2, 0.25) is 4.34 Å². The van der Waals surface area contributed by atoms with Crippen LogP contribution in [0, 0.1) is 12.7 Å². The van der Waals surface area contributed by atoms with E-state index < -0.39 is 11.7 Å². The largest absolute Gasteiger partial charge is 0.347 e. The summed E-state index contributed by atoms with van der Waals surface area (Å²) in [7, 11) is 0. The molecule has 2 aromatic rings. The van der Waals surface area contributed by atoms with Crippen LogP contribution in [0.4, 0.5) is 4.39 Å². The van der Waals surface area contributed by atoms with E-state index in [0.29, 0.717) is 16.4 Å². The van der Waals surface area contributed by atoms with Gasteiger partial charge in [-0.25, -0.2) is 4.39 Å². The van der Waals surface area contributed by atoms with Crippen LogP contribution in [0.25, 0.3) is 0 Å². The summed E-state index contributed by atoms with van der Waals surface area (Å²) in [6, 6.07) is 8.36. The summed E-state index contributed by atoms with van der Waals surface area (Å²) >= 11 is 7.17. The molecule has 94 valence electrons. The monoisotopic (exact) mass is 283 g/mol. The standard InChI is InChI=1S/C13H11ClFNOS/c1-8-3-2-4-10(12(8)15)13(17)16-7-9-5-6-11(14)18-9/h2-6H,7H2,1H3,(H,16,17). The lowest BCUT2D eigenvalue weighted by molar-refractivity contribution is 0.0947. The molecule has 2 rings (SSSR count). The van der Waals surface area contributed by atoms with Crippen molar-refractivity contribution in [2.75, 3.05) is 0 Å². The minimum atomic E-state index is -0.473. The Morgan fingerprint density at radius 2 is 2.17 bits per heavy atom. The highest BCUT2D eigenvalue weighted by Crippen LogP contribution is 2.21. The predicted octanol–water partition coefficient (Wildman–Crippen LogP) is 3.78. The molecule has 18 heavy (non-hydrogen) atoms. The molecule has 2 nitrogen and oxygen atoms in total. The van der Waals surface area contributed by atoms with Crippen LogP contribution in [-0.4, -0.2) is 5.91 Å². The van der Waals surface area contributed by atoms with Gasteiger partial charge in [0.2, 0.25) is 0 Å². The molecule has 0 aliphatic heterocycles. The fourth-order valence-electron chi connectivity index (χ4n) is 1.53. The minimum Gasteiger partial charge on any atom is -0.347 e. The maximum absolute atomic E-state index is 13.7. The third kappa shape index (κ3) is 2.89. The normalized spacial score (nSPS) is 10.4. The van der Waals surface area contributed by atoms with Crippen molar-refractivity contribution >= 4 is 28.8 Å². The van der Waals surface area contributed by atoms with E-state index in [1.165, 1.54) is 17.4 Å². The molecule has 0 saturated heterocycles. The summed E-state index contributed by atoms with van der Waals surface area (Å²) in [6.07, 6.45) is 0. The second-order valence-electron chi connectivity index (χ2n) is 3.82. The molecule has 0 unspecified atom stereocenters. The van der Waals surface area contributed by atoms with Crippen LogP contribution in [0.15, 0.2) is 30.3 Å². The van der Waals surface area contributed by atoms with Crippen LogP contribution in [0.5, 0.6) is 0 Å². The number of carbonyl (C=O) groups excluding carboxylic acids is 1. The lowest BCUT2D eigenvalue weighted by atomic mass is 10.1. The summed E-state index contributed by atoms with van der Waals surface area (Å²) in [5, 5.41) is 2.67. The van der Waals surface area contributed by atoms with Gasteiger partial charge in [-0.1, -0.05) is 23.7 Å². The summed E-state index contributed by atoms with van der Waals surface area (Å²) < 4.78 is 14.4. The van der Waals surface area contributed by atoms with Crippen LogP contribution in [-0.2, 0) is 6.54 Å². The fraction of sp³-hybridized carbons (Fsp3) is 0.154. The summed E-state index contributed by atoms with van der Waals surface area (Å²) in [5.74, 6) is -0.889. The topological polar surface area (TPSA) is 29.1 Å². The van der Waals surface area contributed by atoms with E-state index in [-0.39, 0.29) is 5.56 Å². The van der Waals surface area contributed by atoms with Crippen LogP contribution < -0.4 is 5.32 Å². The number of rotatable bonds is 3. The highest BCUT2D eigenvalue weighted by molar-refractivity contribution is 7.16. The molecule has 0 atom stereocenters. The van der Waals surface area contributed by atoms with Crippen molar-refractivity contribution in [1.29, 1.82) is 0 Å². The Morgan fingerprint density at radius 3 is 2.83 bits per heavy atom. The molecule has 0 radical (unpaired) electrons. The van der Waals surface area contributed by atoms with Crippen molar-refractivity contribution in [1.82, 2.24) is 5.32 Å². The number of hydrogen-bond acceptors (Lipinski definition) is 2. The third-order valence-electron chi connectivity index (χ3n) is 2.49. The van der Waals surface area contributed by atoms with Gasteiger partial charge in [0.25, 0.3) is 5.91 Å². The molecule has 0 fully saturated rings. The van der Waals surface area contributed by atoms with Gasteiger partial charge in [-0.2, -0.15) is 0 Å². The molecule has 5 heteroatoms. The van der Waals surface area contributed by atoms with Gasteiger partial charge >= 0.3 is 0 Å². The van der Waals surface area contributed by atoms with Gasteiger partial charge in [-0.15, -0.1) is 11.3 Å². The van der Waals surface area contributed by atoms with Gasteiger partial charge in [-0.05, 0) is 30.7 Å². The Balaban J connectivity index is 2.06. The van der Waals surface area contributed by atoms with Gasteiger partial charge in [0.05, 0.1) is 16.4 Å². The molecule has 0 aliphatic rings. The molecule has 1 heterocycles. The summed E-state index contributed by atoms with van der Waals surface area (Å²) in [6.45, 7) is 1.98. The predicted molar refractivity (Wildman–Crippen MR) is 71.6 cm³/mol. The van der Waals surface area contributed by atoms with Gasteiger partial charge in [0.15, 0.2) is 0 Å². The van der Waals surface area contributed by atoms with Crippen molar-refractivity contribution in [2.24, 2.45) is 0 Å². The van der Waals surface area contributed by atoms with E-state index in [2.05, 4.69) is 5.32 Å². The van der Waals surface area contributed by atoms with E-state index >= 15 is 0 Å². The Bertz CT molecular complexity index is 582. The average Bonchev–Trinajstić information content (AvgIpc) is 2.76. The molecule has 0 spiro atoms. The van der Waals surface area contributed by atoms with Gasteiger partial charge in [0, 0.05) is 4.88 Å². The minimum absolute atomic E-state index is 0.0673. The lowest BCUT2D eigenvalue weighted by Gasteiger charge is -2.06. The first-order valence-electron chi connectivity index (χ1n) is 5.35. The zero-order chi connectivity index (χ0) is 13.1. The number of halogens is 2. The van der Waals surface area contributed by atoms with Crippen molar-refractivity contribution in [2.45, 2.75) is 13.5 Å². The SMILES string of the molecule is Cc1cccc(C(=O)NCc2ccc(Cl)s2)c1F. The number of aryl methyl sites for hydroxylation is 1. The maximum atomic E-state index is 13.7. The van der Waals surface area contributed by atoms with Gasteiger partial charge in [-0.3, -0.25) is 4.79 Å². The molecule has 0 saturated carbocycles. The van der Waals surface area contributed by atoms with Crippen LogP contribution in [0.1, 0.15) is 20.8 Å². The highest BCUT2D eigenvalue weighted by Gasteiger charge is 2.12. The fourth-order valence-corrected chi connectivity index (χ4v) is 2.56. The number of nitrogens with one attached hydrogen (secondary N) is 1. The third-order valence-corrected chi connectivity index (χ3v) is 3.72. The number of amides is 1. The van der Waals surface area contributed by atoms with Gasteiger partial charge in [0.1, 0.15) is 5.82 Å². The molecule has 0 bridgehead atoms. The van der Waals surface area contributed by atoms with Crippen molar-refractivity contribution in [3.8, 4) is 0 Å².